The summed E-state index contributed by atoms with van der Waals surface area (Å²) in [5, 5.41) is 23.7. The first-order valence-corrected chi connectivity index (χ1v) is 7.02. The van der Waals surface area contributed by atoms with E-state index in [1.165, 1.54) is 0 Å². The van der Waals surface area contributed by atoms with Crippen LogP contribution in [0.1, 0.15) is 12.3 Å². The van der Waals surface area contributed by atoms with Crippen molar-refractivity contribution >= 4 is 11.3 Å². The van der Waals surface area contributed by atoms with E-state index in [4.69, 9.17) is 14.7 Å². The number of nitrogens with zero attached hydrogens (tertiary/aromatic N) is 3. The molecule has 2 aromatic heterocycles. The maximum atomic E-state index is 9.00. The average Bonchev–Trinajstić information content (AvgIpc) is 3.06. The molecular formula is C12H17N3O3S. The van der Waals surface area contributed by atoms with Crippen molar-refractivity contribution in [1.29, 1.82) is 0 Å². The molecule has 0 aromatic carbocycles. The lowest BCUT2D eigenvalue weighted by Gasteiger charge is -2.18. The summed E-state index contributed by atoms with van der Waals surface area (Å²) in [5.41, 5.74) is 0. The molecule has 0 bridgehead atoms. The summed E-state index contributed by atoms with van der Waals surface area (Å²) in [6, 6.07) is 3.88. The van der Waals surface area contributed by atoms with Gasteiger partial charge in [0.15, 0.2) is 0 Å². The van der Waals surface area contributed by atoms with Crippen LogP contribution in [0, 0.1) is 0 Å². The Labute approximate surface area is 115 Å². The van der Waals surface area contributed by atoms with E-state index in [1.807, 2.05) is 22.4 Å². The van der Waals surface area contributed by atoms with Crippen LogP contribution in [0.5, 0.6) is 0 Å². The Morgan fingerprint density at radius 3 is 2.84 bits per heavy atom. The van der Waals surface area contributed by atoms with Gasteiger partial charge in [-0.05, 0) is 17.9 Å². The minimum atomic E-state index is 0.0668. The van der Waals surface area contributed by atoms with Crippen LogP contribution in [-0.2, 0) is 6.54 Å². The quantitative estimate of drug-likeness (QED) is 0.751. The average molecular weight is 283 g/mol. The molecule has 2 aromatic rings. The number of aliphatic hydroxyl groups excluding tert-OH is 2. The predicted molar refractivity (Wildman–Crippen MR) is 71.7 cm³/mol. The third-order valence-electron chi connectivity index (χ3n) is 2.62. The number of aliphatic hydroxyl groups is 2. The summed E-state index contributed by atoms with van der Waals surface area (Å²) in [7, 11) is 0. The molecule has 0 unspecified atom stereocenters. The molecule has 6 nitrogen and oxygen atoms in total. The first-order valence-electron chi connectivity index (χ1n) is 6.14. The van der Waals surface area contributed by atoms with Gasteiger partial charge in [-0.1, -0.05) is 11.2 Å². The molecule has 104 valence electrons. The highest BCUT2D eigenvalue weighted by atomic mass is 32.1. The Bertz CT molecular complexity index is 472. The SMILES string of the molecule is OCCCN(CCO)Cc1nc(-c2cccs2)no1. The molecule has 0 aliphatic heterocycles. The molecule has 0 saturated carbocycles. The van der Waals surface area contributed by atoms with Crippen molar-refractivity contribution in [3.05, 3.63) is 23.4 Å². The minimum Gasteiger partial charge on any atom is -0.396 e. The third kappa shape index (κ3) is 4.10. The van der Waals surface area contributed by atoms with Gasteiger partial charge in [-0.25, -0.2) is 0 Å². The van der Waals surface area contributed by atoms with Crippen molar-refractivity contribution in [2.45, 2.75) is 13.0 Å². The highest BCUT2D eigenvalue weighted by molar-refractivity contribution is 7.13. The number of hydrogen-bond acceptors (Lipinski definition) is 7. The third-order valence-corrected chi connectivity index (χ3v) is 3.48. The largest absolute Gasteiger partial charge is 0.396 e. The van der Waals surface area contributed by atoms with Gasteiger partial charge in [0.05, 0.1) is 18.0 Å². The van der Waals surface area contributed by atoms with Crippen LogP contribution in [0.4, 0.5) is 0 Å². The van der Waals surface area contributed by atoms with E-state index in [0.29, 0.717) is 37.8 Å². The van der Waals surface area contributed by atoms with Crippen molar-refractivity contribution < 1.29 is 14.7 Å². The zero-order chi connectivity index (χ0) is 13.5. The zero-order valence-corrected chi connectivity index (χ0v) is 11.3. The number of hydrogen-bond donors (Lipinski definition) is 2. The predicted octanol–water partition coefficient (Wildman–Crippen LogP) is 0.975. The lowest BCUT2D eigenvalue weighted by Crippen LogP contribution is -2.28. The summed E-state index contributed by atoms with van der Waals surface area (Å²) >= 11 is 1.56. The van der Waals surface area contributed by atoms with E-state index in [1.54, 1.807) is 11.3 Å². The molecule has 2 N–H and O–H groups in total. The fourth-order valence-corrected chi connectivity index (χ4v) is 2.37. The van der Waals surface area contributed by atoms with Crippen LogP contribution < -0.4 is 0 Å². The molecule has 7 heteroatoms. The number of rotatable bonds is 8. The second-order valence-corrected chi connectivity index (χ2v) is 5.01. The molecule has 0 amide bonds. The molecule has 0 radical (unpaired) electrons. The molecule has 0 spiro atoms. The van der Waals surface area contributed by atoms with Gasteiger partial charge in [-0.2, -0.15) is 4.98 Å². The maximum Gasteiger partial charge on any atom is 0.241 e. The van der Waals surface area contributed by atoms with E-state index in [9.17, 15) is 0 Å². The summed E-state index contributed by atoms with van der Waals surface area (Å²) in [6.07, 6.45) is 0.659. The van der Waals surface area contributed by atoms with Gasteiger partial charge in [-0.15, -0.1) is 11.3 Å². The van der Waals surface area contributed by atoms with E-state index in [-0.39, 0.29) is 13.2 Å². The van der Waals surface area contributed by atoms with E-state index < -0.39 is 0 Å². The first kappa shape index (κ1) is 14.1. The van der Waals surface area contributed by atoms with Crippen LogP contribution in [0.3, 0.4) is 0 Å². The highest BCUT2D eigenvalue weighted by Crippen LogP contribution is 2.21. The Hall–Kier alpha value is -1.28. The number of aromatic nitrogens is 2. The van der Waals surface area contributed by atoms with Gasteiger partial charge >= 0.3 is 0 Å². The summed E-state index contributed by atoms with van der Waals surface area (Å²) < 4.78 is 5.20. The lowest BCUT2D eigenvalue weighted by molar-refractivity contribution is 0.160. The van der Waals surface area contributed by atoms with Gasteiger partial charge in [0, 0.05) is 19.7 Å². The van der Waals surface area contributed by atoms with Gasteiger partial charge in [0.25, 0.3) is 0 Å². The van der Waals surface area contributed by atoms with Crippen molar-refractivity contribution in [3.8, 4) is 10.7 Å². The Morgan fingerprint density at radius 2 is 2.16 bits per heavy atom. The van der Waals surface area contributed by atoms with E-state index >= 15 is 0 Å². The van der Waals surface area contributed by atoms with Crippen molar-refractivity contribution in [2.24, 2.45) is 0 Å². The van der Waals surface area contributed by atoms with Crippen molar-refractivity contribution in [1.82, 2.24) is 15.0 Å². The normalized spacial score (nSPS) is 11.3. The molecule has 19 heavy (non-hydrogen) atoms. The smallest absolute Gasteiger partial charge is 0.241 e. The second-order valence-electron chi connectivity index (χ2n) is 4.07. The first-order chi connectivity index (χ1) is 9.33. The summed E-state index contributed by atoms with van der Waals surface area (Å²) in [5.74, 6) is 1.12. The number of thiophene rings is 1. The zero-order valence-electron chi connectivity index (χ0n) is 10.5. The Morgan fingerprint density at radius 1 is 1.26 bits per heavy atom. The van der Waals surface area contributed by atoms with Crippen molar-refractivity contribution in [3.63, 3.8) is 0 Å². The molecule has 0 aliphatic rings. The fourth-order valence-electron chi connectivity index (χ4n) is 1.72. The van der Waals surface area contributed by atoms with Crippen LogP contribution in [0.15, 0.2) is 22.0 Å². The van der Waals surface area contributed by atoms with Gasteiger partial charge in [0.2, 0.25) is 11.7 Å². The Balaban J connectivity index is 1.97. The van der Waals surface area contributed by atoms with Gasteiger partial charge < -0.3 is 14.7 Å². The topological polar surface area (TPSA) is 82.6 Å². The van der Waals surface area contributed by atoms with Crippen molar-refractivity contribution in [2.75, 3.05) is 26.3 Å². The minimum absolute atomic E-state index is 0.0668. The molecule has 0 fully saturated rings. The van der Waals surface area contributed by atoms with E-state index in [2.05, 4.69) is 10.1 Å². The lowest BCUT2D eigenvalue weighted by atomic mass is 10.3. The van der Waals surface area contributed by atoms with Crippen LogP contribution >= 0.6 is 11.3 Å². The maximum absolute atomic E-state index is 9.00. The van der Waals surface area contributed by atoms with Crippen LogP contribution in [-0.4, -0.2) is 51.6 Å². The molecule has 0 atom stereocenters. The molecule has 0 saturated heterocycles. The van der Waals surface area contributed by atoms with Gasteiger partial charge in [-0.3, -0.25) is 4.90 Å². The fraction of sp³-hybridized carbons (Fsp3) is 0.500. The summed E-state index contributed by atoms with van der Waals surface area (Å²) in [6.45, 7) is 1.90. The molecule has 2 heterocycles. The molecule has 0 aliphatic carbocycles. The Kier molecular flexibility index (Phi) is 5.46. The summed E-state index contributed by atoms with van der Waals surface area (Å²) in [4.78, 5) is 7.28. The van der Waals surface area contributed by atoms with Crippen LogP contribution in [0.25, 0.3) is 10.7 Å². The monoisotopic (exact) mass is 283 g/mol. The standard InChI is InChI=1S/C12H17N3O3S/c16-6-2-4-15(5-7-17)9-11-13-12(14-18-11)10-3-1-8-19-10/h1,3,8,16-17H,2,4-7,9H2. The molecular weight excluding hydrogens is 266 g/mol. The molecule has 2 rings (SSSR count). The van der Waals surface area contributed by atoms with Crippen LogP contribution in [0.2, 0.25) is 0 Å². The van der Waals surface area contributed by atoms with E-state index in [0.717, 1.165) is 4.88 Å². The van der Waals surface area contributed by atoms with Gasteiger partial charge in [0.1, 0.15) is 0 Å². The second kappa shape index (κ2) is 7.34. The highest BCUT2D eigenvalue weighted by Gasteiger charge is 2.13.